The van der Waals surface area contributed by atoms with Crippen LogP contribution in [0.5, 0.6) is 11.5 Å². The van der Waals surface area contributed by atoms with Crippen LogP contribution in [0, 0.1) is 20.8 Å². The lowest BCUT2D eigenvalue weighted by Crippen LogP contribution is -2.44. The maximum Gasteiger partial charge on any atom is 0.308 e. The fourth-order valence-electron chi connectivity index (χ4n) is 2.94. The van der Waals surface area contributed by atoms with Crippen molar-refractivity contribution < 1.29 is 28.6 Å². The molecule has 0 bridgehead atoms. The SMILES string of the molecule is CC(=O)Oc1c(C)cc(OCC(CN(C(C)=O)C(C)C)OC(C)=O)c(C)c1C. The van der Waals surface area contributed by atoms with Gasteiger partial charge in [-0.15, -0.1) is 0 Å². The second kappa shape index (κ2) is 10.1. The number of rotatable bonds is 8. The Balaban J connectivity index is 3.02. The standard InChI is InChI=1S/C21H31NO6/c1-12(2)22(16(6)23)10-19(27-17(7)24)11-26-20-9-13(3)21(28-18(8)25)15(5)14(20)4/h9,12,19H,10-11H2,1-8H3. The highest BCUT2D eigenvalue weighted by Crippen LogP contribution is 2.33. The van der Waals surface area contributed by atoms with E-state index in [1.54, 1.807) is 11.0 Å². The van der Waals surface area contributed by atoms with E-state index >= 15 is 0 Å². The number of hydrogen-bond acceptors (Lipinski definition) is 6. The lowest BCUT2D eigenvalue weighted by molar-refractivity contribution is -0.151. The molecule has 0 heterocycles. The Morgan fingerprint density at radius 3 is 2.07 bits per heavy atom. The fourth-order valence-corrected chi connectivity index (χ4v) is 2.94. The Hall–Kier alpha value is -2.57. The number of esters is 2. The van der Waals surface area contributed by atoms with Crippen molar-refractivity contribution in [3.8, 4) is 11.5 Å². The van der Waals surface area contributed by atoms with E-state index in [0.29, 0.717) is 11.5 Å². The molecule has 0 saturated carbocycles. The molecule has 0 saturated heterocycles. The maximum absolute atomic E-state index is 11.9. The van der Waals surface area contributed by atoms with E-state index in [0.717, 1.165) is 16.7 Å². The van der Waals surface area contributed by atoms with Crippen LogP contribution >= 0.6 is 0 Å². The van der Waals surface area contributed by atoms with Crippen molar-refractivity contribution in [2.24, 2.45) is 0 Å². The summed E-state index contributed by atoms with van der Waals surface area (Å²) >= 11 is 0. The second-order valence-corrected chi connectivity index (χ2v) is 7.17. The molecule has 0 aliphatic heterocycles. The van der Waals surface area contributed by atoms with Crippen molar-refractivity contribution in [2.45, 2.75) is 67.5 Å². The van der Waals surface area contributed by atoms with Gasteiger partial charge in [0.25, 0.3) is 0 Å². The van der Waals surface area contributed by atoms with E-state index in [4.69, 9.17) is 14.2 Å². The molecule has 156 valence electrons. The Morgan fingerprint density at radius 1 is 1.00 bits per heavy atom. The van der Waals surface area contributed by atoms with Crippen LogP contribution in [0.25, 0.3) is 0 Å². The molecule has 1 atom stereocenters. The van der Waals surface area contributed by atoms with Gasteiger partial charge in [0, 0.05) is 26.8 Å². The minimum absolute atomic E-state index is 0.0233. The van der Waals surface area contributed by atoms with Gasteiger partial charge in [0.2, 0.25) is 5.91 Å². The minimum atomic E-state index is -0.600. The number of carbonyl (C=O) groups is 3. The molecule has 0 fully saturated rings. The fraction of sp³-hybridized carbons (Fsp3) is 0.571. The number of aryl methyl sites for hydroxylation is 1. The van der Waals surface area contributed by atoms with E-state index < -0.39 is 12.1 Å². The largest absolute Gasteiger partial charge is 0.489 e. The lowest BCUT2D eigenvalue weighted by Gasteiger charge is -2.29. The van der Waals surface area contributed by atoms with E-state index in [9.17, 15) is 14.4 Å². The van der Waals surface area contributed by atoms with E-state index in [1.165, 1.54) is 20.8 Å². The van der Waals surface area contributed by atoms with Gasteiger partial charge in [-0.1, -0.05) is 0 Å². The van der Waals surface area contributed by atoms with Gasteiger partial charge < -0.3 is 19.1 Å². The molecule has 1 rings (SSSR count). The van der Waals surface area contributed by atoms with Crippen molar-refractivity contribution in [1.29, 1.82) is 0 Å². The highest BCUT2D eigenvalue weighted by Gasteiger charge is 2.23. The van der Waals surface area contributed by atoms with Crippen LogP contribution in [0.15, 0.2) is 6.07 Å². The molecule has 0 aliphatic rings. The molecule has 1 amide bonds. The quantitative estimate of drug-likeness (QED) is 0.499. The first-order valence-electron chi connectivity index (χ1n) is 9.30. The number of nitrogens with zero attached hydrogens (tertiary/aromatic N) is 1. The summed E-state index contributed by atoms with van der Waals surface area (Å²) in [6, 6.07) is 1.76. The zero-order chi connectivity index (χ0) is 21.6. The third-order valence-corrected chi connectivity index (χ3v) is 4.41. The molecule has 1 aromatic carbocycles. The first kappa shape index (κ1) is 23.5. The van der Waals surface area contributed by atoms with Crippen LogP contribution in [0.4, 0.5) is 0 Å². The first-order valence-corrected chi connectivity index (χ1v) is 9.30. The third-order valence-electron chi connectivity index (χ3n) is 4.41. The highest BCUT2D eigenvalue weighted by atomic mass is 16.6. The van der Waals surface area contributed by atoms with Crippen LogP contribution < -0.4 is 9.47 Å². The van der Waals surface area contributed by atoms with Crippen LogP contribution in [0.1, 0.15) is 51.3 Å². The van der Waals surface area contributed by atoms with Gasteiger partial charge in [-0.25, -0.2) is 0 Å². The van der Waals surface area contributed by atoms with Crippen molar-refractivity contribution in [3.63, 3.8) is 0 Å². The van der Waals surface area contributed by atoms with E-state index in [1.807, 2.05) is 34.6 Å². The van der Waals surface area contributed by atoms with Crippen LogP contribution in [0.3, 0.4) is 0 Å². The van der Waals surface area contributed by atoms with Crippen LogP contribution in [-0.4, -0.2) is 48.0 Å². The molecule has 0 radical (unpaired) electrons. The number of carbonyl (C=O) groups excluding carboxylic acids is 3. The van der Waals surface area contributed by atoms with Crippen LogP contribution in [-0.2, 0) is 19.1 Å². The number of ether oxygens (including phenoxy) is 3. The number of amides is 1. The smallest absolute Gasteiger partial charge is 0.308 e. The predicted molar refractivity (Wildman–Crippen MR) is 106 cm³/mol. The number of benzene rings is 1. The van der Waals surface area contributed by atoms with Crippen molar-refractivity contribution in [3.05, 3.63) is 22.8 Å². The zero-order valence-electron chi connectivity index (χ0n) is 18.0. The molecule has 1 unspecified atom stereocenters. The predicted octanol–water partition coefficient (Wildman–Crippen LogP) is 3.10. The minimum Gasteiger partial charge on any atom is -0.489 e. The van der Waals surface area contributed by atoms with Gasteiger partial charge in [0.05, 0.1) is 6.54 Å². The molecule has 0 spiro atoms. The van der Waals surface area contributed by atoms with Crippen LogP contribution in [0.2, 0.25) is 0 Å². The highest BCUT2D eigenvalue weighted by molar-refractivity contribution is 5.73. The van der Waals surface area contributed by atoms with E-state index in [-0.39, 0.29) is 31.1 Å². The monoisotopic (exact) mass is 393 g/mol. The van der Waals surface area contributed by atoms with Crippen molar-refractivity contribution in [1.82, 2.24) is 4.90 Å². The molecule has 7 nitrogen and oxygen atoms in total. The summed E-state index contributed by atoms with van der Waals surface area (Å²) in [5.74, 6) is 0.224. The molecular formula is C21H31NO6. The van der Waals surface area contributed by atoms with Gasteiger partial charge in [-0.05, 0) is 57.4 Å². The maximum atomic E-state index is 11.9. The topological polar surface area (TPSA) is 82.1 Å². The number of hydrogen-bond donors (Lipinski definition) is 0. The molecule has 7 heteroatoms. The average Bonchev–Trinajstić information content (AvgIpc) is 2.56. The summed E-state index contributed by atoms with van der Waals surface area (Å²) < 4.78 is 16.6. The van der Waals surface area contributed by atoms with Gasteiger partial charge in [-0.3, -0.25) is 14.4 Å². The summed E-state index contributed by atoms with van der Waals surface area (Å²) in [6.45, 7) is 13.9. The summed E-state index contributed by atoms with van der Waals surface area (Å²) in [5, 5.41) is 0. The zero-order valence-corrected chi connectivity index (χ0v) is 18.0. The Morgan fingerprint density at radius 2 is 1.61 bits per heavy atom. The summed E-state index contributed by atoms with van der Waals surface area (Å²) in [6.07, 6.45) is -0.600. The second-order valence-electron chi connectivity index (χ2n) is 7.17. The molecule has 28 heavy (non-hydrogen) atoms. The molecule has 0 aromatic heterocycles. The van der Waals surface area contributed by atoms with Gasteiger partial charge in [0.15, 0.2) is 6.10 Å². The summed E-state index contributed by atoms with van der Waals surface area (Å²) in [4.78, 5) is 36.3. The van der Waals surface area contributed by atoms with E-state index in [2.05, 4.69) is 0 Å². The van der Waals surface area contributed by atoms with Gasteiger partial charge in [0.1, 0.15) is 18.1 Å². The lowest BCUT2D eigenvalue weighted by atomic mass is 10.0. The molecule has 1 aromatic rings. The normalized spacial score (nSPS) is 11.8. The van der Waals surface area contributed by atoms with Gasteiger partial charge in [-0.2, -0.15) is 0 Å². The molecule has 0 N–H and O–H groups in total. The molecule has 0 aliphatic carbocycles. The third kappa shape index (κ3) is 6.55. The van der Waals surface area contributed by atoms with Crippen molar-refractivity contribution in [2.75, 3.05) is 13.2 Å². The Labute approximate surface area is 166 Å². The summed E-state index contributed by atoms with van der Waals surface area (Å²) in [5.41, 5.74) is 2.40. The Bertz CT molecular complexity index is 741. The summed E-state index contributed by atoms with van der Waals surface area (Å²) in [7, 11) is 0. The molecular weight excluding hydrogens is 362 g/mol. The van der Waals surface area contributed by atoms with Gasteiger partial charge >= 0.3 is 11.9 Å². The van der Waals surface area contributed by atoms with Crippen molar-refractivity contribution >= 4 is 17.8 Å². The first-order chi connectivity index (χ1) is 12.9. The Kier molecular flexibility index (Phi) is 8.47. The average molecular weight is 393 g/mol.